The van der Waals surface area contributed by atoms with Crippen molar-refractivity contribution in [3.05, 3.63) is 47.7 Å². The largest absolute Gasteiger partial charge is 0.491 e. The smallest absolute Gasteiger partial charge is 0.208 e. The molecule has 25 heavy (non-hydrogen) atoms. The molecule has 136 valence electrons. The van der Waals surface area contributed by atoms with Gasteiger partial charge in [-0.15, -0.1) is 0 Å². The molecule has 1 aliphatic rings. The van der Waals surface area contributed by atoms with Crippen LogP contribution in [0.5, 0.6) is 5.75 Å². The highest BCUT2D eigenvalue weighted by Crippen LogP contribution is 2.13. The number of piperazine rings is 1. The fourth-order valence-electron chi connectivity index (χ4n) is 2.99. The molecule has 2 heterocycles. The molecule has 0 amide bonds. The fraction of sp³-hybridized carbons (Fsp3) is 0.526. The number of rotatable bonds is 7. The number of oxazole rings is 1. The number of aliphatic hydroxyl groups excluding tert-OH is 1. The first kappa shape index (κ1) is 17.9. The molecule has 1 atom stereocenters. The Bertz CT molecular complexity index is 632. The number of β-amino-alcohol motifs (C(OH)–C–C–N with tert-alkyl or cyclic N) is 1. The lowest BCUT2D eigenvalue weighted by atomic mass is 10.2. The van der Waals surface area contributed by atoms with Crippen LogP contribution in [0.25, 0.3) is 0 Å². The minimum atomic E-state index is -0.483. The van der Waals surface area contributed by atoms with Crippen LogP contribution < -0.4 is 4.74 Å². The monoisotopic (exact) mass is 345 g/mol. The molecule has 3 rings (SSSR count). The molecule has 1 fully saturated rings. The third kappa shape index (κ3) is 5.29. The van der Waals surface area contributed by atoms with Gasteiger partial charge in [-0.05, 0) is 26.0 Å². The number of benzene rings is 1. The molecule has 1 aromatic carbocycles. The molecular formula is C19H27N3O3. The van der Waals surface area contributed by atoms with Gasteiger partial charge < -0.3 is 14.3 Å². The van der Waals surface area contributed by atoms with Crippen molar-refractivity contribution in [3.63, 3.8) is 0 Å². The van der Waals surface area contributed by atoms with E-state index in [0.717, 1.165) is 55.8 Å². The highest BCUT2D eigenvalue weighted by molar-refractivity contribution is 5.20. The van der Waals surface area contributed by atoms with Crippen molar-refractivity contribution < 1.29 is 14.3 Å². The Morgan fingerprint density at radius 2 is 1.80 bits per heavy atom. The van der Waals surface area contributed by atoms with Crippen LogP contribution in [0.4, 0.5) is 0 Å². The van der Waals surface area contributed by atoms with Crippen molar-refractivity contribution in [1.82, 2.24) is 14.8 Å². The summed E-state index contributed by atoms with van der Waals surface area (Å²) < 4.78 is 11.3. The van der Waals surface area contributed by atoms with E-state index in [1.807, 2.05) is 44.2 Å². The number of aromatic nitrogens is 1. The lowest BCUT2D eigenvalue weighted by Gasteiger charge is -2.34. The average molecular weight is 345 g/mol. The molecule has 0 saturated carbocycles. The lowest BCUT2D eigenvalue weighted by Crippen LogP contribution is -2.48. The highest BCUT2D eigenvalue weighted by Gasteiger charge is 2.21. The van der Waals surface area contributed by atoms with Crippen LogP contribution in [0.3, 0.4) is 0 Å². The van der Waals surface area contributed by atoms with Crippen LogP contribution in [0.2, 0.25) is 0 Å². The van der Waals surface area contributed by atoms with Crippen molar-refractivity contribution in [2.75, 3.05) is 39.3 Å². The Morgan fingerprint density at radius 3 is 2.44 bits per heavy atom. The number of aryl methyl sites for hydroxylation is 2. The molecule has 6 nitrogen and oxygen atoms in total. The molecule has 0 bridgehead atoms. The number of hydrogen-bond donors (Lipinski definition) is 1. The Hall–Kier alpha value is -1.89. The van der Waals surface area contributed by atoms with Gasteiger partial charge in [-0.25, -0.2) is 4.98 Å². The van der Waals surface area contributed by atoms with E-state index in [4.69, 9.17) is 9.15 Å². The molecular weight excluding hydrogens is 318 g/mol. The summed E-state index contributed by atoms with van der Waals surface area (Å²) in [6.07, 6.45) is -0.483. The van der Waals surface area contributed by atoms with Crippen molar-refractivity contribution in [3.8, 4) is 5.75 Å². The van der Waals surface area contributed by atoms with E-state index < -0.39 is 6.10 Å². The highest BCUT2D eigenvalue weighted by atomic mass is 16.5. The number of para-hydroxylation sites is 1. The van der Waals surface area contributed by atoms with Crippen LogP contribution in [-0.4, -0.2) is 65.3 Å². The Kier molecular flexibility index (Phi) is 6.07. The second-order valence-electron chi connectivity index (χ2n) is 6.60. The third-order valence-corrected chi connectivity index (χ3v) is 4.55. The molecule has 1 aliphatic heterocycles. The van der Waals surface area contributed by atoms with Gasteiger partial charge in [-0.2, -0.15) is 0 Å². The van der Waals surface area contributed by atoms with E-state index in [-0.39, 0.29) is 0 Å². The predicted octanol–water partition coefficient (Wildman–Crippen LogP) is 1.85. The summed E-state index contributed by atoms with van der Waals surface area (Å²) >= 11 is 0. The molecule has 1 N–H and O–H groups in total. The second-order valence-corrected chi connectivity index (χ2v) is 6.60. The first-order chi connectivity index (χ1) is 12.1. The van der Waals surface area contributed by atoms with E-state index in [1.54, 1.807) is 0 Å². The van der Waals surface area contributed by atoms with Crippen LogP contribution in [0.1, 0.15) is 17.3 Å². The van der Waals surface area contributed by atoms with Crippen LogP contribution in [0.15, 0.2) is 34.7 Å². The maximum Gasteiger partial charge on any atom is 0.208 e. The van der Waals surface area contributed by atoms with Crippen LogP contribution in [-0.2, 0) is 6.54 Å². The standard InChI is InChI=1S/C19H27N3O3/c1-15-16(2)25-19(20-15)13-22-10-8-21(9-11-22)12-17(23)14-24-18-6-4-3-5-7-18/h3-7,17,23H,8-14H2,1-2H3. The Morgan fingerprint density at radius 1 is 1.12 bits per heavy atom. The summed E-state index contributed by atoms with van der Waals surface area (Å²) in [6.45, 7) is 9.39. The normalized spacial score (nSPS) is 17.6. The molecule has 1 aromatic heterocycles. The van der Waals surface area contributed by atoms with Crippen LogP contribution >= 0.6 is 0 Å². The van der Waals surface area contributed by atoms with E-state index >= 15 is 0 Å². The molecule has 1 saturated heterocycles. The van der Waals surface area contributed by atoms with Gasteiger partial charge in [0.1, 0.15) is 24.2 Å². The van der Waals surface area contributed by atoms with E-state index in [9.17, 15) is 5.11 Å². The predicted molar refractivity (Wildman–Crippen MR) is 95.6 cm³/mol. The van der Waals surface area contributed by atoms with E-state index in [0.29, 0.717) is 13.2 Å². The molecule has 6 heteroatoms. The molecule has 2 aromatic rings. The van der Waals surface area contributed by atoms with Gasteiger partial charge >= 0.3 is 0 Å². The second kappa shape index (κ2) is 8.47. The molecule has 0 spiro atoms. The van der Waals surface area contributed by atoms with Gasteiger partial charge in [0.05, 0.1) is 12.2 Å². The van der Waals surface area contributed by atoms with Gasteiger partial charge in [0.15, 0.2) is 0 Å². The quantitative estimate of drug-likeness (QED) is 0.826. The van der Waals surface area contributed by atoms with Crippen molar-refractivity contribution in [2.24, 2.45) is 0 Å². The number of nitrogens with zero attached hydrogens (tertiary/aromatic N) is 3. The lowest BCUT2D eigenvalue weighted by molar-refractivity contribution is 0.0430. The topological polar surface area (TPSA) is 62.0 Å². The van der Waals surface area contributed by atoms with Gasteiger partial charge in [0, 0.05) is 32.7 Å². The summed E-state index contributed by atoms with van der Waals surface area (Å²) in [7, 11) is 0. The zero-order valence-electron chi connectivity index (χ0n) is 15.0. The Labute approximate surface area is 149 Å². The number of hydrogen-bond acceptors (Lipinski definition) is 6. The number of ether oxygens (including phenoxy) is 1. The maximum absolute atomic E-state index is 10.2. The third-order valence-electron chi connectivity index (χ3n) is 4.55. The van der Waals surface area contributed by atoms with E-state index in [2.05, 4.69) is 14.8 Å². The summed E-state index contributed by atoms with van der Waals surface area (Å²) in [4.78, 5) is 9.07. The first-order valence-electron chi connectivity index (χ1n) is 8.83. The Balaban J connectivity index is 1.37. The minimum Gasteiger partial charge on any atom is -0.491 e. The van der Waals surface area contributed by atoms with Crippen molar-refractivity contribution in [2.45, 2.75) is 26.5 Å². The first-order valence-corrected chi connectivity index (χ1v) is 8.83. The van der Waals surface area contributed by atoms with Crippen molar-refractivity contribution in [1.29, 1.82) is 0 Å². The van der Waals surface area contributed by atoms with Crippen LogP contribution in [0, 0.1) is 13.8 Å². The van der Waals surface area contributed by atoms with Gasteiger partial charge in [-0.1, -0.05) is 18.2 Å². The summed E-state index contributed by atoms with van der Waals surface area (Å²) in [5.74, 6) is 2.48. The summed E-state index contributed by atoms with van der Waals surface area (Å²) in [5.41, 5.74) is 0.968. The SMILES string of the molecule is Cc1nc(CN2CCN(CC(O)COc3ccccc3)CC2)oc1C. The fourth-order valence-corrected chi connectivity index (χ4v) is 2.99. The van der Waals surface area contributed by atoms with Gasteiger partial charge in [0.25, 0.3) is 0 Å². The van der Waals surface area contributed by atoms with Crippen molar-refractivity contribution >= 4 is 0 Å². The van der Waals surface area contributed by atoms with Gasteiger partial charge in [-0.3, -0.25) is 9.80 Å². The van der Waals surface area contributed by atoms with Gasteiger partial charge in [0.2, 0.25) is 5.89 Å². The zero-order valence-corrected chi connectivity index (χ0v) is 15.0. The zero-order chi connectivity index (χ0) is 17.6. The maximum atomic E-state index is 10.2. The summed E-state index contributed by atoms with van der Waals surface area (Å²) in [5, 5.41) is 10.2. The molecule has 0 aliphatic carbocycles. The minimum absolute atomic E-state index is 0.319. The number of aliphatic hydroxyl groups is 1. The molecule has 1 unspecified atom stereocenters. The average Bonchev–Trinajstić information content (AvgIpc) is 2.93. The van der Waals surface area contributed by atoms with E-state index in [1.165, 1.54) is 0 Å². The summed E-state index contributed by atoms with van der Waals surface area (Å²) in [6, 6.07) is 9.61. The molecule has 0 radical (unpaired) electrons.